The van der Waals surface area contributed by atoms with Crippen molar-refractivity contribution in [1.29, 1.82) is 0 Å². The first-order chi connectivity index (χ1) is 21.0. The zero-order chi connectivity index (χ0) is 29.3. The van der Waals surface area contributed by atoms with E-state index in [1.54, 1.807) is 24.5 Å². The predicted molar refractivity (Wildman–Crippen MR) is 164 cm³/mol. The molecule has 43 heavy (non-hydrogen) atoms. The molecule has 0 aliphatic carbocycles. The molecule has 3 aromatic heterocycles. The van der Waals surface area contributed by atoms with Crippen LogP contribution < -0.4 is 4.74 Å². The first kappa shape index (κ1) is 27.6. The molecule has 0 amide bonds. The molecule has 2 aromatic carbocycles. The molecular weight excluding hydrogens is 568 g/mol. The number of carboxylic acid groups (broad SMARTS) is 1. The maximum Gasteiger partial charge on any atom is 0.335 e. The van der Waals surface area contributed by atoms with Gasteiger partial charge in [0.15, 0.2) is 0 Å². The van der Waals surface area contributed by atoms with Gasteiger partial charge in [-0.05, 0) is 60.4 Å². The van der Waals surface area contributed by atoms with Gasteiger partial charge in [0.1, 0.15) is 11.4 Å². The predicted octanol–water partition coefficient (Wildman–Crippen LogP) is 6.23. The molecule has 1 N–H and O–H groups in total. The molecular formula is C33H31ClN4O5. The van der Waals surface area contributed by atoms with Gasteiger partial charge >= 0.3 is 5.97 Å². The lowest BCUT2D eigenvalue weighted by Crippen LogP contribution is -2.33. The van der Waals surface area contributed by atoms with E-state index in [-0.39, 0.29) is 11.7 Å². The number of carbonyl (C=O) groups is 1. The molecule has 1 fully saturated rings. The van der Waals surface area contributed by atoms with Crippen LogP contribution in [0.2, 0.25) is 5.02 Å². The topological polar surface area (TPSA) is 103 Å². The Hall–Kier alpha value is -4.18. The third-order valence-corrected chi connectivity index (χ3v) is 8.56. The van der Waals surface area contributed by atoms with Gasteiger partial charge in [0.05, 0.1) is 59.4 Å². The summed E-state index contributed by atoms with van der Waals surface area (Å²) in [7, 11) is 0. The molecule has 1 saturated heterocycles. The minimum atomic E-state index is -0.940. The highest BCUT2D eigenvalue weighted by Gasteiger charge is 2.24. The molecule has 2 aliphatic heterocycles. The number of nitrogens with zero attached hydrogens (tertiary/aromatic N) is 4. The van der Waals surface area contributed by atoms with Crippen molar-refractivity contribution in [2.45, 2.75) is 38.5 Å². The van der Waals surface area contributed by atoms with Crippen LogP contribution in [0.15, 0.2) is 71.4 Å². The van der Waals surface area contributed by atoms with Crippen molar-refractivity contribution < 1.29 is 23.8 Å². The standard InChI is InChI=1S/C33H31ClN4O5/c34-26-6-4-22(32-25(26)12-17-43-32)10-15-42-31-3-1-2-27(36-31)21-8-13-37(14-9-21)20-30-35-28-7-5-23(33(39)40)18-29(28)38(30)19-24-11-16-41-24/h1-8,12,17-18,24H,9-11,13-16,19-20H2,(H,39,40)/t24-/m0/s1. The number of furan rings is 1. The number of aromatic nitrogens is 3. The van der Waals surface area contributed by atoms with Crippen molar-refractivity contribution in [3.05, 3.63) is 94.6 Å². The Morgan fingerprint density at radius 2 is 2.05 bits per heavy atom. The van der Waals surface area contributed by atoms with Crippen LogP contribution >= 0.6 is 11.6 Å². The minimum absolute atomic E-state index is 0.135. The molecule has 0 radical (unpaired) electrons. The Bertz CT molecular complexity index is 1840. The van der Waals surface area contributed by atoms with Crippen LogP contribution in [0.25, 0.3) is 27.6 Å². The van der Waals surface area contributed by atoms with Crippen LogP contribution in [0.5, 0.6) is 5.88 Å². The second-order valence-corrected chi connectivity index (χ2v) is 11.4. The van der Waals surface area contributed by atoms with Crippen LogP contribution in [0.3, 0.4) is 0 Å². The van der Waals surface area contributed by atoms with Crippen molar-refractivity contribution in [3.8, 4) is 5.88 Å². The fraction of sp³-hybridized carbons (Fsp3) is 0.303. The van der Waals surface area contributed by atoms with Gasteiger partial charge in [0.2, 0.25) is 5.88 Å². The highest BCUT2D eigenvalue weighted by Crippen LogP contribution is 2.29. The van der Waals surface area contributed by atoms with Crippen LogP contribution in [0, 0.1) is 0 Å². The largest absolute Gasteiger partial charge is 0.478 e. The first-order valence-electron chi connectivity index (χ1n) is 14.5. The van der Waals surface area contributed by atoms with Gasteiger partial charge in [-0.15, -0.1) is 0 Å². The van der Waals surface area contributed by atoms with Gasteiger partial charge in [0, 0.05) is 37.6 Å². The molecule has 0 saturated carbocycles. The Morgan fingerprint density at radius 1 is 1.14 bits per heavy atom. The van der Waals surface area contributed by atoms with Gasteiger partial charge in [-0.1, -0.05) is 29.8 Å². The summed E-state index contributed by atoms with van der Waals surface area (Å²) < 4.78 is 19.5. The number of hydrogen-bond acceptors (Lipinski definition) is 7. The number of pyridine rings is 1. The summed E-state index contributed by atoms with van der Waals surface area (Å²) in [6.07, 6.45) is 6.55. The number of fused-ring (bicyclic) bond motifs is 2. The molecule has 0 unspecified atom stereocenters. The van der Waals surface area contributed by atoms with Crippen molar-refractivity contribution >= 4 is 45.1 Å². The second-order valence-electron chi connectivity index (χ2n) is 11.0. The van der Waals surface area contributed by atoms with E-state index < -0.39 is 5.97 Å². The second kappa shape index (κ2) is 11.8. The lowest BCUT2D eigenvalue weighted by molar-refractivity contribution is -0.0591. The third kappa shape index (κ3) is 5.76. The van der Waals surface area contributed by atoms with Crippen molar-refractivity contribution in [1.82, 2.24) is 19.4 Å². The number of aromatic carboxylic acids is 1. The summed E-state index contributed by atoms with van der Waals surface area (Å²) in [5.74, 6) is 0.578. The highest BCUT2D eigenvalue weighted by molar-refractivity contribution is 6.35. The molecule has 9 nitrogen and oxygen atoms in total. The molecule has 7 rings (SSSR count). The van der Waals surface area contributed by atoms with Crippen LogP contribution in [0.1, 0.15) is 40.3 Å². The van der Waals surface area contributed by atoms with Crippen molar-refractivity contribution in [2.75, 3.05) is 26.3 Å². The Kier molecular flexibility index (Phi) is 7.61. The van der Waals surface area contributed by atoms with E-state index in [1.807, 2.05) is 36.4 Å². The zero-order valence-electron chi connectivity index (χ0n) is 23.5. The van der Waals surface area contributed by atoms with Gasteiger partial charge in [-0.2, -0.15) is 0 Å². The lowest BCUT2D eigenvalue weighted by atomic mass is 10.0. The number of halogens is 1. The normalized spacial score (nSPS) is 17.2. The summed E-state index contributed by atoms with van der Waals surface area (Å²) in [6, 6.07) is 16.8. The summed E-state index contributed by atoms with van der Waals surface area (Å²) in [6.45, 7) is 4.20. The van der Waals surface area contributed by atoms with E-state index in [4.69, 9.17) is 35.5 Å². The molecule has 1 atom stereocenters. The highest BCUT2D eigenvalue weighted by atomic mass is 35.5. The fourth-order valence-corrected chi connectivity index (χ4v) is 5.98. The molecule has 10 heteroatoms. The quantitative estimate of drug-likeness (QED) is 0.202. The smallest absolute Gasteiger partial charge is 0.335 e. The van der Waals surface area contributed by atoms with E-state index in [0.29, 0.717) is 37.0 Å². The lowest BCUT2D eigenvalue weighted by Gasteiger charge is -2.29. The van der Waals surface area contributed by atoms with E-state index in [0.717, 1.165) is 71.6 Å². The Labute approximate surface area is 253 Å². The van der Waals surface area contributed by atoms with E-state index >= 15 is 0 Å². The summed E-state index contributed by atoms with van der Waals surface area (Å²) in [5, 5.41) is 11.1. The average Bonchev–Trinajstić information content (AvgIpc) is 3.62. The Morgan fingerprint density at radius 3 is 2.84 bits per heavy atom. The monoisotopic (exact) mass is 598 g/mol. The van der Waals surface area contributed by atoms with Crippen molar-refractivity contribution in [3.63, 3.8) is 0 Å². The van der Waals surface area contributed by atoms with Gasteiger partial charge in [-0.25, -0.2) is 14.8 Å². The van der Waals surface area contributed by atoms with E-state index in [2.05, 4.69) is 15.5 Å². The number of rotatable bonds is 10. The maximum atomic E-state index is 11.6. The first-order valence-corrected chi connectivity index (χ1v) is 14.9. The average molecular weight is 599 g/mol. The van der Waals surface area contributed by atoms with Crippen LogP contribution in [0.4, 0.5) is 0 Å². The van der Waals surface area contributed by atoms with E-state index in [1.165, 1.54) is 5.57 Å². The maximum absolute atomic E-state index is 11.6. The molecule has 2 aliphatic rings. The number of carboxylic acids is 1. The Balaban J connectivity index is 1.01. The van der Waals surface area contributed by atoms with Gasteiger partial charge < -0.3 is 23.6 Å². The SMILES string of the molecule is O=C(O)c1ccc2nc(CN3CC=C(c4cccc(OCCc5ccc(Cl)c6ccoc56)n4)CC3)n(C[C@@H]3CCO3)c2c1. The summed E-state index contributed by atoms with van der Waals surface area (Å²) in [4.78, 5) is 23.6. The molecule has 5 aromatic rings. The zero-order valence-corrected chi connectivity index (χ0v) is 24.3. The molecule has 0 spiro atoms. The summed E-state index contributed by atoms with van der Waals surface area (Å²) >= 11 is 6.27. The number of benzene rings is 2. The molecule has 5 heterocycles. The third-order valence-electron chi connectivity index (χ3n) is 8.23. The molecule has 220 valence electrons. The number of imidazole rings is 1. The minimum Gasteiger partial charge on any atom is -0.478 e. The van der Waals surface area contributed by atoms with Gasteiger partial charge in [-0.3, -0.25) is 4.90 Å². The summed E-state index contributed by atoms with van der Waals surface area (Å²) in [5.41, 5.74) is 5.87. The van der Waals surface area contributed by atoms with Crippen LogP contribution in [-0.2, 0) is 24.2 Å². The number of ether oxygens (including phenoxy) is 2. The van der Waals surface area contributed by atoms with Crippen LogP contribution in [-0.4, -0.2) is 62.9 Å². The van der Waals surface area contributed by atoms with Gasteiger partial charge in [0.25, 0.3) is 0 Å². The van der Waals surface area contributed by atoms with E-state index in [9.17, 15) is 9.90 Å². The number of hydrogen-bond donors (Lipinski definition) is 1. The fourth-order valence-electron chi connectivity index (χ4n) is 5.77. The van der Waals surface area contributed by atoms with Crippen molar-refractivity contribution in [2.24, 2.45) is 0 Å². The molecule has 0 bridgehead atoms.